The molecule has 5 heteroatoms. The first kappa shape index (κ1) is 22.4. The molecule has 2 atom stereocenters. The maximum absolute atomic E-state index is 14.7. The average molecular weight is 454 g/mol. The van der Waals surface area contributed by atoms with Gasteiger partial charge in [0, 0.05) is 23.4 Å². The van der Waals surface area contributed by atoms with E-state index in [9.17, 15) is 18.3 Å². The Morgan fingerprint density at radius 3 is 2.45 bits per heavy atom. The van der Waals surface area contributed by atoms with Crippen molar-refractivity contribution in [2.75, 3.05) is 0 Å². The summed E-state index contributed by atoms with van der Waals surface area (Å²) in [6.45, 7) is 0. The fraction of sp³-hybridized carbons (Fsp3) is 0.464. The summed E-state index contributed by atoms with van der Waals surface area (Å²) < 4.78 is 44.1. The van der Waals surface area contributed by atoms with Gasteiger partial charge in [-0.1, -0.05) is 55.3 Å². The Kier molecular flexibility index (Phi) is 5.72. The van der Waals surface area contributed by atoms with Crippen molar-refractivity contribution < 1.29 is 18.3 Å². The number of hydrogen-bond donors (Lipinski definition) is 1. The molecule has 1 aromatic heterocycles. The van der Waals surface area contributed by atoms with Crippen molar-refractivity contribution in [2.24, 2.45) is 5.92 Å². The van der Waals surface area contributed by atoms with E-state index >= 15 is 0 Å². The number of fused-ring (bicyclic) bond motifs is 2. The molecular weight excluding hydrogens is 423 g/mol. The van der Waals surface area contributed by atoms with Crippen LogP contribution >= 0.6 is 0 Å². The maximum atomic E-state index is 14.7. The molecule has 0 amide bonds. The van der Waals surface area contributed by atoms with Crippen molar-refractivity contribution in [3.8, 4) is 0 Å². The summed E-state index contributed by atoms with van der Waals surface area (Å²) >= 11 is 0. The number of aromatic nitrogens is 1. The number of hydrogen-bond acceptors (Lipinski definition) is 2. The van der Waals surface area contributed by atoms with E-state index in [0.717, 1.165) is 49.7 Å². The third-order valence-corrected chi connectivity index (χ3v) is 8.12. The molecule has 2 nitrogen and oxygen atoms in total. The van der Waals surface area contributed by atoms with Crippen molar-refractivity contribution in [2.45, 2.75) is 75.0 Å². The molecular formula is C28H30F3NO. The molecule has 1 N–H and O–H groups in total. The van der Waals surface area contributed by atoms with Gasteiger partial charge in [-0.3, -0.25) is 4.98 Å². The van der Waals surface area contributed by atoms with Gasteiger partial charge in [-0.05, 0) is 73.3 Å². The van der Waals surface area contributed by atoms with Gasteiger partial charge in [0.2, 0.25) is 0 Å². The number of pyridine rings is 1. The van der Waals surface area contributed by atoms with Gasteiger partial charge in [-0.15, -0.1) is 0 Å². The second kappa shape index (κ2) is 8.43. The number of halogens is 3. The highest BCUT2D eigenvalue weighted by molar-refractivity contribution is 5.81. The van der Waals surface area contributed by atoms with Crippen molar-refractivity contribution in [3.63, 3.8) is 0 Å². The fourth-order valence-corrected chi connectivity index (χ4v) is 6.59. The number of aryl methyl sites for hydroxylation is 1. The molecule has 0 bridgehead atoms. The van der Waals surface area contributed by atoms with Crippen LogP contribution < -0.4 is 0 Å². The van der Waals surface area contributed by atoms with Gasteiger partial charge < -0.3 is 5.11 Å². The third-order valence-electron chi connectivity index (χ3n) is 8.12. The van der Waals surface area contributed by atoms with E-state index in [1.807, 2.05) is 24.3 Å². The van der Waals surface area contributed by atoms with Gasteiger partial charge in [0.1, 0.15) is 0 Å². The van der Waals surface area contributed by atoms with Crippen LogP contribution in [0.15, 0.2) is 60.8 Å². The molecule has 0 saturated heterocycles. The van der Waals surface area contributed by atoms with Gasteiger partial charge in [0.25, 0.3) is 0 Å². The highest BCUT2D eigenvalue weighted by atomic mass is 19.4. The van der Waals surface area contributed by atoms with E-state index in [1.54, 1.807) is 24.3 Å². The van der Waals surface area contributed by atoms with Crippen molar-refractivity contribution in [3.05, 3.63) is 77.5 Å². The molecule has 2 aliphatic carbocycles. The Morgan fingerprint density at radius 2 is 1.67 bits per heavy atom. The largest absolute Gasteiger partial charge is 0.417 e. The van der Waals surface area contributed by atoms with Crippen LogP contribution in [0.2, 0.25) is 0 Å². The zero-order chi connectivity index (χ0) is 23.1. The monoisotopic (exact) mass is 453 g/mol. The number of benzene rings is 2. The Labute approximate surface area is 192 Å². The molecule has 1 heterocycles. The number of rotatable bonds is 5. The molecule has 2 aromatic carbocycles. The van der Waals surface area contributed by atoms with E-state index in [0.29, 0.717) is 22.9 Å². The molecule has 1 saturated carbocycles. The van der Waals surface area contributed by atoms with Crippen LogP contribution in [0.25, 0.3) is 10.9 Å². The molecule has 3 aromatic rings. The first-order chi connectivity index (χ1) is 15.8. The Morgan fingerprint density at radius 1 is 0.939 bits per heavy atom. The van der Waals surface area contributed by atoms with Crippen molar-refractivity contribution >= 4 is 10.9 Å². The standard InChI is InChI=1S/C28H30F3NO/c29-28(30,31)27(33,18-21-15-17-32-25-14-6-4-12-23(21)25)19-26(22-10-2-3-11-22)16-7-9-20-8-1-5-13-24(20)26/h1,4-6,8,12-15,17,22,33H,2-3,7,9-11,16,18-19H2. The molecule has 5 rings (SSSR count). The van der Waals surface area contributed by atoms with E-state index in [4.69, 9.17) is 0 Å². The quantitative estimate of drug-likeness (QED) is 0.455. The summed E-state index contributed by atoms with van der Waals surface area (Å²) in [5, 5.41) is 12.2. The molecule has 2 unspecified atom stereocenters. The highest BCUT2D eigenvalue weighted by Crippen LogP contribution is 2.55. The summed E-state index contributed by atoms with van der Waals surface area (Å²) in [5.41, 5.74) is -0.151. The number of para-hydroxylation sites is 1. The van der Waals surface area contributed by atoms with Crippen LogP contribution in [0.5, 0.6) is 0 Å². The lowest BCUT2D eigenvalue weighted by atomic mass is 9.57. The normalized spacial score (nSPS) is 23.4. The van der Waals surface area contributed by atoms with Crippen molar-refractivity contribution in [1.29, 1.82) is 0 Å². The lowest BCUT2D eigenvalue weighted by molar-refractivity contribution is -0.269. The van der Waals surface area contributed by atoms with Crippen LogP contribution in [0, 0.1) is 5.92 Å². The van der Waals surface area contributed by atoms with Gasteiger partial charge in [0.05, 0.1) is 5.52 Å². The van der Waals surface area contributed by atoms with Crippen LogP contribution in [0.4, 0.5) is 13.2 Å². The summed E-state index contributed by atoms with van der Waals surface area (Å²) in [5.74, 6) is 0.169. The molecule has 1 fully saturated rings. The minimum absolute atomic E-state index is 0.169. The third kappa shape index (κ3) is 3.95. The van der Waals surface area contributed by atoms with E-state index in [2.05, 4.69) is 11.1 Å². The van der Waals surface area contributed by atoms with Gasteiger partial charge in [-0.25, -0.2) is 0 Å². The zero-order valence-electron chi connectivity index (χ0n) is 18.7. The SMILES string of the molecule is OC(Cc1ccnc2ccccc12)(CC1(C2CCCC2)CCCc2ccccc21)C(F)(F)F. The predicted molar refractivity (Wildman–Crippen MR) is 124 cm³/mol. The molecule has 174 valence electrons. The minimum atomic E-state index is -4.74. The lowest BCUT2D eigenvalue weighted by Gasteiger charge is -2.48. The Bertz CT molecular complexity index is 1130. The van der Waals surface area contributed by atoms with Crippen LogP contribution in [0.1, 0.15) is 61.6 Å². The van der Waals surface area contributed by atoms with Crippen LogP contribution in [-0.2, 0) is 18.3 Å². The fourth-order valence-electron chi connectivity index (χ4n) is 6.59. The first-order valence-electron chi connectivity index (χ1n) is 12.0. The predicted octanol–water partition coefficient (Wildman–Crippen LogP) is 6.93. The summed E-state index contributed by atoms with van der Waals surface area (Å²) in [6.07, 6.45) is 2.46. The summed E-state index contributed by atoms with van der Waals surface area (Å²) in [4.78, 5) is 4.29. The lowest BCUT2D eigenvalue weighted by Crippen LogP contribution is -2.54. The Hall–Kier alpha value is -2.40. The van der Waals surface area contributed by atoms with E-state index in [1.165, 1.54) is 6.20 Å². The number of alkyl halides is 3. The molecule has 2 aliphatic rings. The summed E-state index contributed by atoms with van der Waals surface area (Å²) in [7, 11) is 0. The zero-order valence-corrected chi connectivity index (χ0v) is 18.7. The van der Waals surface area contributed by atoms with Gasteiger partial charge in [0.15, 0.2) is 5.60 Å². The van der Waals surface area contributed by atoms with Crippen molar-refractivity contribution in [1.82, 2.24) is 4.98 Å². The molecule has 0 spiro atoms. The Balaban J connectivity index is 1.61. The molecule has 0 aliphatic heterocycles. The molecule has 0 radical (unpaired) electrons. The second-order valence-corrected chi connectivity index (χ2v) is 10.0. The number of aliphatic hydroxyl groups is 1. The minimum Gasteiger partial charge on any atom is -0.380 e. The topological polar surface area (TPSA) is 33.1 Å². The highest BCUT2D eigenvalue weighted by Gasteiger charge is 2.59. The second-order valence-electron chi connectivity index (χ2n) is 10.0. The van der Waals surface area contributed by atoms with E-state index in [-0.39, 0.29) is 12.3 Å². The average Bonchev–Trinajstić information content (AvgIpc) is 3.35. The molecule has 33 heavy (non-hydrogen) atoms. The van der Waals surface area contributed by atoms with E-state index < -0.39 is 23.6 Å². The van der Waals surface area contributed by atoms with Crippen LogP contribution in [-0.4, -0.2) is 21.9 Å². The maximum Gasteiger partial charge on any atom is 0.417 e. The van der Waals surface area contributed by atoms with Gasteiger partial charge >= 0.3 is 6.18 Å². The number of nitrogens with zero attached hydrogens (tertiary/aromatic N) is 1. The first-order valence-corrected chi connectivity index (χ1v) is 12.0. The van der Waals surface area contributed by atoms with Gasteiger partial charge in [-0.2, -0.15) is 13.2 Å². The smallest absolute Gasteiger partial charge is 0.380 e. The summed E-state index contributed by atoms with van der Waals surface area (Å²) in [6, 6.07) is 16.8. The van der Waals surface area contributed by atoms with Crippen LogP contribution in [0.3, 0.4) is 0 Å².